The smallest absolute Gasteiger partial charge is 0.410 e. The molecule has 0 unspecified atom stereocenters. The maximum atomic E-state index is 12.3. The van der Waals surface area contributed by atoms with E-state index < -0.39 is 6.09 Å². The van der Waals surface area contributed by atoms with Crippen molar-refractivity contribution in [3.8, 4) is 5.75 Å². The highest BCUT2D eigenvalue weighted by molar-refractivity contribution is 5.73. The summed E-state index contributed by atoms with van der Waals surface area (Å²) in [5.41, 5.74) is 3.66. The van der Waals surface area contributed by atoms with Gasteiger partial charge < -0.3 is 15.0 Å². The fraction of sp³-hybridized carbons (Fsp3) is 0.409. The number of nitrogens with one attached hydrogen (secondary N) is 1. The highest BCUT2D eigenvalue weighted by atomic mass is 16.6. The van der Waals surface area contributed by atoms with E-state index in [0.29, 0.717) is 11.9 Å². The molecule has 2 aromatic rings. The Morgan fingerprint density at radius 1 is 1.22 bits per heavy atom. The molecule has 2 aliphatic heterocycles. The van der Waals surface area contributed by atoms with Crippen LogP contribution in [0.2, 0.25) is 0 Å². The van der Waals surface area contributed by atoms with Crippen molar-refractivity contribution in [2.24, 2.45) is 0 Å². The molecule has 5 heteroatoms. The Hall–Kier alpha value is -2.53. The molecule has 0 saturated carbocycles. The third-order valence-corrected chi connectivity index (χ3v) is 6.15. The first-order valence-electron chi connectivity index (χ1n) is 9.51. The maximum Gasteiger partial charge on any atom is 0.413 e. The predicted molar refractivity (Wildman–Crippen MR) is 107 cm³/mol. The van der Waals surface area contributed by atoms with E-state index >= 15 is 0 Å². The number of ether oxygens (including phenoxy) is 1. The lowest BCUT2D eigenvalue weighted by molar-refractivity contribution is 0.197. The molecular weight excluding hydrogens is 338 g/mol. The first-order valence-corrected chi connectivity index (χ1v) is 9.51. The summed E-state index contributed by atoms with van der Waals surface area (Å²) in [4.78, 5) is 17.0. The Kier molecular flexibility index (Phi) is 4.35. The summed E-state index contributed by atoms with van der Waals surface area (Å²) in [5.74, 6) is 0.574. The first kappa shape index (κ1) is 17.9. The van der Waals surface area contributed by atoms with Crippen LogP contribution in [0.4, 0.5) is 10.5 Å². The normalized spacial score (nSPS) is 25.0. The van der Waals surface area contributed by atoms with Crippen molar-refractivity contribution in [3.63, 3.8) is 0 Å². The number of benzene rings is 2. The Morgan fingerprint density at radius 2 is 1.96 bits per heavy atom. The van der Waals surface area contributed by atoms with Crippen LogP contribution < -0.4 is 15.0 Å². The largest absolute Gasteiger partial charge is 0.413 e. The van der Waals surface area contributed by atoms with Crippen molar-refractivity contribution < 1.29 is 9.53 Å². The number of hydrogen-bond donors (Lipinski definition) is 1. The number of amides is 1. The summed E-state index contributed by atoms with van der Waals surface area (Å²) < 4.78 is 5.57. The van der Waals surface area contributed by atoms with E-state index in [1.54, 1.807) is 0 Å². The van der Waals surface area contributed by atoms with Crippen LogP contribution in [0.5, 0.6) is 5.75 Å². The minimum atomic E-state index is -0.435. The standard InChI is InChI=1S/C22H27N3O2/c1-15(16-8-6-5-7-9-16)23-21(26)27-17-10-11-18-19(14-17)25(4)20-22(18,2)12-13-24(20)3/h5-11,14-15,20H,12-13H2,1-4H3,(H,23,26)/t15-,20+,22-/m1/s1. The predicted octanol–water partition coefficient (Wildman–Crippen LogP) is 3.91. The SMILES string of the molecule is C[C@@H](NC(=O)Oc1ccc2c(c1)N(C)[C@@H]1N(C)CC[C@]21C)c1ccccc1. The molecule has 3 atom stereocenters. The molecule has 5 nitrogen and oxygen atoms in total. The molecule has 1 amide bonds. The van der Waals surface area contributed by atoms with Gasteiger partial charge in [0.1, 0.15) is 5.75 Å². The third-order valence-electron chi connectivity index (χ3n) is 6.15. The number of carbonyl (C=O) groups is 1. The maximum absolute atomic E-state index is 12.3. The molecule has 27 heavy (non-hydrogen) atoms. The van der Waals surface area contributed by atoms with Crippen molar-refractivity contribution in [1.29, 1.82) is 0 Å². The van der Waals surface area contributed by atoms with Gasteiger partial charge in [-0.25, -0.2) is 4.79 Å². The molecule has 1 fully saturated rings. The van der Waals surface area contributed by atoms with Crippen LogP contribution >= 0.6 is 0 Å². The van der Waals surface area contributed by atoms with E-state index in [-0.39, 0.29) is 11.5 Å². The Labute approximate surface area is 160 Å². The fourth-order valence-corrected chi connectivity index (χ4v) is 4.76. The van der Waals surface area contributed by atoms with Gasteiger partial charge in [0.05, 0.1) is 12.2 Å². The summed E-state index contributed by atoms with van der Waals surface area (Å²) >= 11 is 0. The average Bonchev–Trinajstić information content (AvgIpc) is 3.07. The van der Waals surface area contributed by atoms with Crippen LogP contribution in [0.1, 0.15) is 37.4 Å². The highest BCUT2D eigenvalue weighted by Crippen LogP contribution is 2.51. The van der Waals surface area contributed by atoms with Crippen LogP contribution in [0.25, 0.3) is 0 Å². The highest BCUT2D eigenvalue weighted by Gasteiger charge is 2.52. The van der Waals surface area contributed by atoms with Gasteiger partial charge in [0.25, 0.3) is 0 Å². The average molecular weight is 365 g/mol. The Balaban J connectivity index is 1.49. The molecule has 4 rings (SSSR count). The first-order chi connectivity index (χ1) is 12.9. The summed E-state index contributed by atoms with van der Waals surface area (Å²) in [6, 6.07) is 15.8. The molecule has 0 aromatic heterocycles. The van der Waals surface area contributed by atoms with Crippen molar-refractivity contribution in [2.45, 2.75) is 37.9 Å². The van der Waals surface area contributed by atoms with E-state index in [9.17, 15) is 4.79 Å². The number of hydrogen-bond acceptors (Lipinski definition) is 4. The quantitative estimate of drug-likeness (QED) is 0.896. The number of carbonyl (C=O) groups excluding carboxylic acids is 1. The third kappa shape index (κ3) is 2.96. The Bertz CT molecular complexity index is 854. The molecule has 1 saturated heterocycles. The number of rotatable bonds is 3. The zero-order chi connectivity index (χ0) is 19.2. The number of anilines is 1. The van der Waals surface area contributed by atoms with Gasteiger partial charge in [-0.2, -0.15) is 0 Å². The number of nitrogens with zero attached hydrogens (tertiary/aromatic N) is 2. The minimum Gasteiger partial charge on any atom is -0.410 e. The summed E-state index contributed by atoms with van der Waals surface area (Å²) in [6.07, 6.45) is 1.06. The lowest BCUT2D eigenvalue weighted by Crippen LogP contribution is -2.45. The Morgan fingerprint density at radius 3 is 2.70 bits per heavy atom. The molecule has 2 heterocycles. The summed E-state index contributed by atoms with van der Waals surface area (Å²) in [5, 5.41) is 2.90. The van der Waals surface area contributed by atoms with Gasteiger partial charge in [0, 0.05) is 30.8 Å². The van der Waals surface area contributed by atoms with E-state index in [1.165, 1.54) is 5.56 Å². The van der Waals surface area contributed by atoms with Crippen LogP contribution in [0.3, 0.4) is 0 Å². The molecule has 0 aliphatic carbocycles. The second-order valence-corrected chi connectivity index (χ2v) is 7.98. The van der Waals surface area contributed by atoms with Crippen LogP contribution in [-0.2, 0) is 5.41 Å². The lowest BCUT2D eigenvalue weighted by atomic mass is 9.81. The molecule has 0 bridgehead atoms. The zero-order valence-corrected chi connectivity index (χ0v) is 16.4. The summed E-state index contributed by atoms with van der Waals surface area (Å²) in [6.45, 7) is 5.38. The summed E-state index contributed by atoms with van der Waals surface area (Å²) in [7, 11) is 4.30. The van der Waals surface area contributed by atoms with Gasteiger partial charge in [0.15, 0.2) is 0 Å². The van der Waals surface area contributed by atoms with Gasteiger partial charge in [0.2, 0.25) is 0 Å². The van der Waals surface area contributed by atoms with Crippen LogP contribution in [0.15, 0.2) is 48.5 Å². The van der Waals surface area contributed by atoms with Crippen molar-refractivity contribution in [3.05, 3.63) is 59.7 Å². The van der Waals surface area contributed by atoms with E-state index in [0.717, 1.165) is 24.2 Å². The van der Waals surface area contributed by atoms with Crippen LogP contribution in [-0.4, -0.2) is 37.8 Å². The molecule has 1 N–H and O–H groups in total. The number of likely N-dealkylation sites (tertiary alicyclic amines) is 1. The van der Waals surface area contributed by atoms with Gasteiger partial charge in [-0.15, -0.1) is 0 Å². The van der Waals surface area contributed by atoms with Gasteiger partial charge in [-0.3, -0.25) is 4.90 Å². The van der Waals surface area contributed by atoms with E-state index in [2.05, 4.69) is 42.2 Å². The monoisotopic (exact) mass is 365 g/mol. The van der Waals surface area contributed by atoms with Gasteiger partial charge in [-0.1, -0.05) is 43.3 Å². The van der Waals surface area contributed by atoms with Gasteiger partial charge >= 0.3 is 6.09 Å². The van der Waals surface area contributed by atoms with E-state index in [1.807, 2.05) is 49.4 Å². The second kappa shape index (κ2) is 6.57. The topological polar surface area (TPSA) is 44.8 Å². The van der Waals surface area contributed by atoms with E-state index in [4.69, 9.17) is 4.74 Å². The lowest BCUT2D eigenvalue weighted by Gasteiger charge is -2.32. The number of fused-ring (bicyclic) bond motifs is 3. The van der Waals surface area contributed by atoms with Crippen LogP contribution in [0, 0.1) is 0 Å². The van der Waals surface area contributed by atoms with Crippen molar-refractivity contribution in [2.75, 3.05) is 25.5 Å². The molecule has 2 aliphatic rings. The second-order valence-electron chi connectivity index (χ2n) is 7.98. The zero-order valence-electron chi connectivity index (χ0n) is 16.4. The van der Waals surface area contributed by atoms with Crippen molar-refractivity contribution >= 4 is 11.8 Å². The van der Waals surface area contributed by atoms with Gasteiger partial charge in [-0.05, 0) is 37.6 Å². The molecule has 142 valence electrons. The molecule has 0 spiro atoms. The van der Waals surface area contributed by atoms with Crippen molar-refractivity contribution in [1.82, 2.24) is 10.2 Å². The molecule has 2 aromatic carbocycles. The number of likely N-dealkylation sites (N-methyl/N-ethyl adjacent to an activating group) is 2. The minimum absolute atomic E-state index is 0.109. The molecule has 0 radical (unpaired) electrons. The molecular formula is C22H27N3O2. The fourth-order valence-electron chi connectivity index (χ4n) is 4.76.